The van der Waals surface area contributed by atoms with E-state index in [4.69, 9.17) is 0 Å². The highest BCUT2D eigenvalue weighted by molar-refractivity contribution is 4.75. The van der Waals surface area contributed by atoms with Crippen LogP contribution in [0.15, 0.2) is 0 Å². The van der Waals surface area contributed by atoms with Gasteiger partial charge in [-0.25, -0.2) is 0 Å². The lowest BCUT2D eigenvalue weighted by atomic mass is 9.74. The van der Waals surface area contributed by atoms with Gasteiger partial charge in [-0.2, -0.15) is 0 Å². The minimum absolute atomic E-state index is 0.485. The van der Waals surface area contributed by atoms with Crippen LogP contribution in [0.3, 0.4) is 0 Å². The maximum atomic E-state index is 2.45. The van der Waals surface area contributed by atoms with E-state index in [0.717, 1.165) is 5.92 Å². The average Bonchev–Trinajstić information content (AvgIpc) is 1.98. The van der Waals surface area contributed by atoms with Crippen molar-refractivity contribution in [2.75, 3.05) is 0 Å². The fraction of sp³-hybridized carbons (Fsp3) is 1.00. The first-order valence-electron chi connectivity index (χ1n) is 7.16. The third-order valence-electron chi connectivity index (χ3n) is 3.32. The van der Waals surface area contributed by atoms with Gasteiger partial charge in [-0.1, -0.05) is 67.7 Å². The fourth-order valence-corrected chi connectivity index (χ4v) is 3.02. The number of rotatable bonds is 7. The Hall–Kier alpha value is 0. The number of hydrogen-bond donors (Lipinski definition) is 0. The van der Waals surface area contributed by atoms with Crippen molar-refractivity contribution in [2.45, 2.75) is 87.0 Å². The van der Waals surface area contributed by atoms with Crippen LogP contribution in [0.25, 0.3) is 0 Å². The van der Waals surface area contributed by atoms with E-state index in [1.165, 1.54) is 38.5 Å². The van der Waals surface area contributed by atoms with Gasteiger partial charge in [0.1, 0.15) is 0 Å². The molecule has 0 saturated heterocycles. The third-order valence-corrected chi connectivity index (χ3v) is 3.32. The van der Waals surface area contributed by atoms with Crippen LogP contribution in [0.1, 0.15) is 87.0 Å². The second-order valence-corrected chi connectivity index (χ2v) is 7.70. The van der Waals surface area contributed by atoms with Gasteiger partial charge in [0.2, 0.25) is 0 Å². The van der Waals surface area contributed by atoms with Gasteiger partial charge in [0.05, 0.1) is 0 Å². The van der Waals surface area contributed by atoms with Crippen LogP contribution in [0.5, 0.6) is 0 Å². The molecule has 0 aromatic rings. The van der Waals surface area contributed by atoms with Crippen molar-refractivity contribution < 1.29 is 0 Å². The summed E-state index contributed by atoms with van der Waals surface area (Å²) >= 11 is 0. The van der Waals surface area contributed by atoms with Crippen LogP contribution in [0.4, 0.5) is 0 Å². The maximum absolute atomic E-state index is 2.45. The average molecular weight is 226 g/mol. The van der Waals surface area contributed by atoms with Crippen LogP contribution in [0, 0.1) is 16.7 Å². The topological polar surface area (TPSA) is 0 Å². The molecule has 1 atom stereocenters. The van der Waals surface area contributed by atoms with Gasteiger partial charge < -0.3 is 0 Å². The van der Waals surface area contributed by atoms with Crippen LogP contribution in [-0.2, 0) is 0 Å². The highest BCUT2D eigenvalue weighted by Crippen LogP contribution is 2.36. The second kappa shape index (κ2) is 6.67. The molecule has 0 heterocycles. The van der Waals surface area contributed by atoms with E-state index in [0.29, 0.717) is 10.8 Å². The summed E-state index contributed by atoms with van der Waals surface area (Å²) in [6.45, 7) is 16.7. The molecule has 0 radical (unpaired) electrons. The first kappa shape index (κ1) is 16.0. The van der Waals surface area contributed by atoms with Crippen molar-refractivity contribution in [3.05, 3.63) is 0 Å². The Kier molecular flexibility index (Phi) is 6.67. The molecule has 0 bridgehead atoms. The lowest BCUT2D eigenvalue weighted by molar-refractivity contribution is 0.204. The van der Waals surface area contributed by atoms with E-state index >= 15 is 0 Å². The molecule has 0 spiro atoms. The van der Waals surface area contributed by atoms with E-state index in [1.807, 2.05) is 0 Å². The summed E-state index contributed by atoms with van der Waals surface area (Å²) in [5.74, 6) is 0.858. The predicted molar refractivity (Wildman–Crippen MR) is 75.8 cm³/mol. The van der Waals surface area contributed by atoms with Crippen molar-refractivity contribution in [3.63, 3.8) is 0 Å². The molecule has 0 aliphatic rings. The lowest BCUT2D eigenvalue weighted by Crippen LogP contribution is -2.19. The summed E-state index contributed by atoms with van der Waals surface area (Å²) in [4.78, 5) is 0. The van der Waals surface area contributed by atoms with E-state index in [-0.39, 0.29) is 0 Å². The summed E-state index contributed by atoms with van der Waals surface area (Å²) in [6, 6.07) is 0. The summed E-state index contributed by atoms with van der Waals surface area (Å²) in [7, 11) is 0. The van der Waals surface area contributed by atoms with Gasteiger partial charge in [-0.15, -0.1) is 0 Å². The molecule has 0 heteroatoms. The molecule has 0 rings (SSSR count). The zero-order chi connectivity index (χ0) is 12.8. The highest BCUT2D eigenvalue weighted by atomic mass is 14.3. The highest BCUT2D eigenvalue weighted by Gasteiger charge is 2.23. The number of unbranched alkanes of at least 4 members (excludes halogenated alkanes) is 2. The Balaban J connectivity index is 3.94. The van der Waals surface area contributed by atoms with Gasteiger partial charge in [0, 0.05) is 0 Å². The smallest absolute Gasteiger partial charge is 0.0352 e. The van der Waals surface area contributed by atoms with Crippen molar-refractivity contribution in [1.29, 1.82) is 0 Å². The predicted octanol–water partition coefficient (Wildman–Crippen LogP) is 6.06. The zero-order valence-corrected chi connectivity index (χ0v) is 12.8. The molecule has 0 N–H and O–H groups in total. The van der Waals surface area contributed by atoms with Crippen molar-refractivity contribution in [2.24, 2.45) is 16.7 Å². The number of hydrogen-bond acceptors (Lipinski definition) is 0. The van der Waals surface area contributed by atoms with Crippen molar-refractivity contribution in [1.82, 2.24) is 0 Å². The first-order chi connectivity index (χ1) is 7.16. The van der Waals surface area contributed by atoms with Crippen molar-refractivity contribution >= 4 is 0 Å². The molecule has 0 amide bonds. The van der Waals surface area contributed by atoms with Crippen LogP contribution >= 0.6 is 0 Å². The van der Waals surface area contributed by atoms with E-state index in [1.54, 1.807) is 0 Å². The molecule has 0 fully saturated rings. The van der Waals surface area contributed by atoms with Gasteiger partial charge in [-0.05, 0) is 36.0 Å². The Morgan fingerprint density at radius 1 is 0.875 bits per heavy atom. The fourth-order valence-electron chi connectivity index (χ4n) is 3.02. The quantitative estimate of drug-likeness (QED) is 0.463. The largest absolute Gasteiger partial charge is 0.0654 e. The molecule has 0 aliphatic carbocycles. The van der Waals surface area contributed by atoms with Crippen LogP contribution < -0.4 is 0 Å². The summed E-state index contributed by atoms with van der Waals surface area (Å²) in [5.41, 5.74) is 1.03. The molecule has 0 aliphatic heterocycles. The molecular weight excluding hydrogens is 192 g/mol. The van der Waals surface area contributed by atoms with Crippen molar-refractivity contribution in [3.8, 4) is 0 Å². The minimum Gasteiger partial charge on any atom is -0.0654 e. The SMILES string of the molecule is CCCCCC(C)(C)CC(C)CC(C)(C)C. The second-order valence-electron chi connectivity index (χ2n) is 7.70. The van der Waals surface area contributed by atoms with Gasteiger partial charge >= 0.3 is 0 Å². The Bertz CT molecular complexity index is 171. The Labute approximate surface area is 104 Å². The molecule has 16 heavy (non-hydrogen) atoms. The standard InChI is InChI=1S/C16H34/c1-8-9-10-11-16(6,7)13-14(2)12-15(3,4)5/h14H,8-13H2,1-7H3. The molecule has 1 unspecified atom stereocenters. The summed E-state index contributed by atoms with van der Waals surface area (Å²) in [6.07, 6.45) is 8.28. The molecule has 0 nitrogen and oxygen atoms in total. The Morgan fingerprint density at radius 2 is 1.44 bits per heavy atom. The minimum atomic E-state index is 0.485. The zero-order valence-electron chi connectivity index (χ0n) is 12.8. The van der Waals surface area contributed by atoms with Crippen LogP contribution in [-0.4, -0.2) is 0 Å². The maximum Gasteiger partial charge on any atom is -0.0352 e. The normalized spacial score (nSPS) is 15.2. The van der Waals surface area contributed by atoms with Gasteiger partial charge in [-0.3, -0.25) is 0 Å². The molecule has 0 aromatic heterocycles. The van der Waals surface area contributed by atoms with E-state index < -0.39 is 0 Å². The van der Waals surface area contributed by atoms with E-state index in [2.05, 4.69) is 48.5 Å². The molecule has 98 valence electrons. The molecule has 0 aromatic carbocycles. The molecular formula is C16H34. The summed E-state index contributed by atoms with van der Waals surface area (Å²) in [5, 5.41) is 0. The summed E-state index contributed by atoms with van der Waals surface area (Å²) < 4.78 is 0. The monoisotopic (exact) mass is 226 g/mol. The van der Waals surface area contributed by atoms with Gasteiger partial charge in [0.25, 0.3) is 0 Å². The molecule has 0 saturated carbocycles. The first-order valence-corrected chi connectivity index (χ1v) is 7.16. The Morgan fingerprint density at radius 3 is 1.88 bits per heavy atom. The third kappa shape index (κ3) is 9.24. The van der Waals surface area contributed by atoms with Gasteiger partial charge in [0.15, 0.2) is 0 Å². The lowest BCUT2D eigenvalue weighted by Gasteiger charge is -2.31. The van der Waals surface area contributed by atoms with Crippen LogP contribution in [0.2, 0.25) is 0 Å². The van der Waals surface area contributed by atoms with E-state index in [9.17, 15) is 0 Å².